The van der Waals surface area contributed by atoms with Crippen LogP contribution in [0.3, 0.4) is 0 Å². The van der Waals surface area contributed by atoms with Crippen LogP contribution in [0.5, 0.6) is 0 Å². The van der Waals surface area contributed by atoms with Gasteiger partial charge < -0.3 is 9.64 Å². The SMILES string of the molecule is COC(=O)CCCCCCN=C1SC(=C2Sc3ccccc3N2C)C(=O)N1c1ccc(C)cc1. The highest BCUT2D eigenvalue weighted by Crippen LogP contribution is 2.50. The van der Waals surface area contributed by atoms with Gasteiger partial charge in [0.15, 0.2) is 5.17 Å². The first-order chi connectivity index (χ1) is 16.5. The molecule has 0 N–H and O–H groups in total. The standard InChI is InChI=1S/C26H29N3O3S2/c1-18-13-15-19(16-14-18)29-24(31)23(25-28(2)20-10-7-8-11-21(20)33-25)34-26(29)27-17-9-5-4-6-12-22(30)32-3/h7-8,10-11,13-16H,4-6,9,12,17H2,1-3H3. The van der Waals surface area contributed by atoms with Crippen LogP contribution >= 0.6 is 23.5 Å². The second kappa shape index (κ2) is 11.1. The van der Waals surface area contributed by atoms with Gasteiger partial charge in [0.1, 0.15) is 4.91 Å². The van der Waals surface area contributed by atoms with Crippen LogP contribution in [0, 0.1) is 6.92 Å². The molecule has 4 rings (SSSR count). The summed E-state index contributed by atoms with van der Waals surface area (Å²) < 4.78 is 4.69. The molecule has 6 nitrogen and oxygen atoms in total. The largest absolute Gasteiger partial charge is 0.469 e. The first-order valence-corrected chi connectivity index (χ1v) is 13.1. The molecule has 2 aromatic carbocycles. The number of hydrogen-bond acceptors (Lipinski definition) is 7. The van der Waals surface area contributed by atoms with Crippen molar-refractivity contribution in [2.45, 2.75) is 43.9 Å². The minimum Gasteiger partial charge on any atom is -0.469 e. The number of aliphatic imine (C=N–C) groups is 1. The van der Waals surface area contributed by atoms with E-state index in [4.69, 9.17) is 4.99 Å². The van der Waals surface area contributed by atoms with E-state index in [1.165, 1.54) is 18.9 Å². The van der Waals surface area contributed by atoms with E-state index < -0.39 is 0 Å². The van der Waals surface area contributed by atoms with E-state index in [1.807, 2.05) is 50.4 Å². The van der Waals surface area contributed by atoms with Gasteiger partial charge in [-0.1, -0.05) is 54.4 Å². The molecule has 0 aromatic heterocycles. The van der Waals surface area contributed by atoms with Crippen molar-refractivity contribution in [1.82, 2.24) is 0 Å². The predicted molar refractivity (Wildman–Crippen MR) is 141 cm³/mol. The van der Waals surface area contributed by atoms with Gasteiger partial charge in [0.25, 0.3) is 5.91 Å². The second-order valence-electron chi connectivity index (χ2n) is 8.25. The van der Waals surface area contributed by atoms with Crippen LogP contribution < -0.4 is 9.80 Å². The number of ether oxygens (including phenoxy) is 1. The number of fused-ring (bicyclic) bond motifs is 1. The molecule has 0 spiro atoms. The van der Waals surface area contributed by atoms with Crippen LogP contribution in [0.4, 0.5) is 11.4 Å². The van der Waals surface area contributed by atoms with Crippen molar-refractivity contribution >= 4 is 51.9 Å². The van der Waals surface area contributed by atoms with E-state index in [1.54, 1.807) is 16.7 Å². The number of esters is 1. The van der Waals surface area contributed by atoms with Crippen LogP contribution in [0.2, 0.25) is 0 Å². The fourth-order valence-corrected chi connectivity index (χ4v) is 6.19. The Balaban J connectivity index is 1.51. The lowest BCUT2D eigenvalue weighted by Crippen LogP contribution is -2.29. The molecule has 1 amide bonds. The summed E-state index contributed by atoms with van der Waals surface area (Å²) in [5.41, 5.74) is 3.09. The van der Waals surface area contributed by atoms with Crippen molar-refractivity contribution in [2.24, 2.45) is 4.99 Å². The number of thioether (sulfide) groups is 2. The van der Waals surface area contributed by atoms with E-state index in [2.05, 4.69) is 21.8 Å². The first-order valence-electron chi connectivity index (χ1n) is 11.4. The minimum atomic E-state index is -0.160. The molecule has 8 heteroatoms. The van der Waals surface area contributed by atoms with E-state index in [0.29, 0.717) is 17.9 Å². The normalized spacial score (nSPS) is 18.7. The Hall–Kier alpha value is -2.71. The van der Waals surface area contributed by atoms with Crippen LogP contribution in [-0.4, -0.2) is 37.7 Å². The highest BCUT2D eigenvalue weighted by atomic mass is 32.2. The molecule has 0 bridgehead atoms. The maximum Gasteiger partial charge on any atom is 0.305 e. The van der Waals surface area contributed by atoms with Crippen LogP contribution in [0.15, 0.2) is 68.4 Å². The van der Waals surface area contributed by atoms with E-state index in [-0.39, 0.29) is 11.9 Å². The number of amides is 1. The molecule has 2 aromatic rings. The molecule has 1 fully saturated rings. The Bertz CT molecular complexity index is 1130. The smallest absolute Gasteiger partial charge is 0.305 e. The molecule has 1 saturated heterocycles. The van der Waals surface area contributed by atoms with E-state index >= 15 is 0 Å². The summed E-state index contributed by atoms with van der Waals surface area (Å²) in [5, 5.41) is 1.66. The number of amidine groups is 1. The van der Waals surface area contributed by atoms with Gasteiger partial charge in [-0.25, -0.2) is 0 Å². The third-order valence-electron chi connectivity index (χ3n) is 5.77. The maximum atomic E-state index is 13.6. The summed E-state index contributed by atoms with van der Waals surface area (Å²) in [5.74, 6) is -0.194. The van der Waals surface area contributed by atoms with Gasteiger partial charge in [0.05, 0.1) is 23.5 Å². The van der Waals surface area contributed by atoms with Crippen molar-refractivity contribution in [3.8, 4) is 0 Å². The zero-order valence-electron chi connectivity index (χ0n) is 19.7. The number of methoxy groups -OCH3 is 1. The Morgan fingerprint density at radius 3 is 2.47 bits per heavy atom. The molecule has 0 aliphatic carbocycles. The summed E-state index contributed by atoms with van der Waals surface area (Å²) in [6.45, 7) is 2.68. The third kappa shape index (κ3) is 5.33. The summed E-state index contributed by atoms with van der Waals surface area (Å²) in [6, 6.07) is 16.2. The first kappa shape index (κ1) is 24.4. The number of unbranched alkanes of at least 4 members (excludes halogenated alkanes) is 3. The number of benzene rings is 2. The van der Waals surface area contributed by atoms with Crippen LogP contribution in [0.25, 0.3) is 0 Å². The molecule has 2 heterocycles. The lowest BCUT2D eigenvalue weighted by molar-refractivity contribution is -0.140. The van der Waals surface area contributed by atoms with Gasteiger partial charge in [0, 0.05) is 24.9 Å². The molecule has 2 aliphatic rings. The van der Waals surface area contributed by atoms with Gasteiger partial charge in [-0.05, 0) is 55.8 Å². The lowest BCUT2D eigenvalue weighted by Gasteiger charge is -2.17. The van der Waals surface area contributed by atoms with Crippen LogP contribution in [-0.2, 0) is 14.3 Å². The average molecular weight is 496 g/mol. The number of para-hydroxylation sites is 1. The minimum absolute atomic E-state index is 0.0344. The monoisotopic (exact) mass is 495 g/mol. The van der Waals surface area contributed by atoms with Gasteiger partial charge in [-0.2, -0.15) is 0 Å². The van der Waals surface area contributed by atoms with Crippen molar-refractivity contribution in [1.29, 1.82) is 0 Å². The quantitative estimate of drug-likeness (QED) is 0.256. The summed E-state index contributed by atoms with van der Waals surface area (Å²) in [7, 11) is 3.43. The predicted octanol–water partition coefficient (Wildman–Crippen LogP) is 5.97. The van der Waals surface area contributed by atoms with Crippen molar-refractivity contribution in [3.05, 3.63) is 64.0 Å². The van der Waals surface area contributed by atoms with Crippen molar-refractivity contribution in [2.75, 3.05) is 30.5 Å². The number of carbonyl (C=O) groups is 2. The zero-order valence-corrected chi connectivity index (χ0v) is 21.4. The highest BCUT2D eigenvalue weighted by Gasteiger charge is 2.39. The molecule has 34 heavy (non-hydrogen) atoms. The number of rotatable bonds is 8. The number of hydrogen-bond donors (Lipinski definition) is 0. The zero-order chi connectivity index (χ0) is 24.1. The van der Waals surface area contributed by atoms with Crippen molar-refractivity contribution in [3.63, 3.8) is 0 Å². The van der Waals surface area contributed by atoms with Gasteiger partial charge in [0.2, 0.25) is 0 Å². The molecule has 0 unspecified atom stereocenters. The highest BCUT2D eigenvalue weighted by molar-refractivity contribution is 8.20. The Morgan fingerprint density at radius 2 is 1.74 bits per heavy atom. The second-order valence-corrected chi connectivity index (χ2v) is 10.3. The summed E-state index contributed by atoms with van der Waals surface area (Å²) in [4.78, 5) is 35.4. The van der Waals surface area contributed by atoms with Gasteiger partial charge in [-0.15, -0.1) is 0 Å². The van der Waals surface area contributed by atoms with Crippen LogP contribution in [0.1, 0.15) is 37.7 Å². The average Bonchev–Trinajstić information content (AvgIpc) is 3.35. The fourth-order valence-electron chi connectivity index (χ4n) is 3.84. The summed E-state index contributed by atoms with van der Waals surface area (Å²) in [6.07, 6.45) is 4.14. The van der Waals surface area contributed by atoms with Gasteiger partial charge >= 0.3 is 5.97 Å². The Labute approximate surface area is 209 Å². The molecule has 0 radical (unpaired) electrons. The Morgan fingerprint density at radius 1 is 1.00 bits per heavy atom. The maximum absolute atomic E-state index is 13.6. The summed E-state index contributed by atoms with van der Waals surface area (Å²) >= 11 is 3.09. The Kier molecular flexibility index (Phi) is 8.00. The third-order valence-corrected chi connectivity index (χ3v) is 8.20. The lowest BCUT2D eigenvalue weighted by atomic mass is 10.1. The van der Waals surface area contributed by atoms with E-state index in [0.717, 1.165) is 57.7 Å². The van der Waals surface area contributed by atoms with Gasteiger partial charge in [-0.3, -0.25) is 19.5 Å². The fraction of sp³-hybridized carbons (Fsp3) is 0.346. The number of nitrogens with zero attached hydrogens (tertiary/aromatic N) is 3. The molecule has 178 valence electrons. The molecule has 0 atom stereocenters. The van der Waals surface area contributed by atoms with E-state index in [9.17, 15) is 9.59 Å². The number of aryl methyl sites for hydroxylation is 1. The molecular weight excluding hydrogens is 466 g/mol. The molecular formula is C26H29N3O3S2. The molecule has 0 saturated carbocycles. The van der Waals surface area contributed by atoms with Crippen molar-refractivity contribution < 1.29 is 14.3 Å². The molecule has 2 aliphatic heterocycles. The number of carbonyl (C=O) groups excluding carboxylic acids is 2. The topological polar surface area (TPSA) is 62.2 Å². The number of anilines is 2.